The molecule has 0 aromatic heterocycles. The fourth-order valence-electron chi connectivity index (χ4n) is 4.67. The number of aliphatic carboxylic acids is 2. The molecule has 0 heterocycles. The Morgan fingerprint density at radius 3 is 1.91 bits per heavy atom. The normalized spacial score (nSPS) is 13.9. The van der Waals surface area contributed by atoms with Crippen LogP contribution in [0.1, 0.15) is 36.0 Å². The number of ether oxygens (including phenoxy) is 1. The third-order valence-corrected chi connectivity index (χ3v) is 6.49. The van der Waals surface area contributed by atoms with Crippen LogP contribution in [0.15, 0.2) is 78.9 Å². The molecular formula is C28H27NO6. The summed E-state index contributed by atoms with van der Waals surface area (Å²) in [4.78, 5) is 38.0. The van der Waals surface area contributed by atoms with Crippen LogP contribution in [0.5, 0.6) is 0 Å². The minimum atomic E-state index is -1.37. The first-order valence-electron chi connectivity index (χ1n) is 11.5. The molecule has 0 saturated carbocycles. The Kier molecular flexibility index (Phi) is 7.15. The molecule has 0 saturated heterocycles. The summed E-state index contributed by atoms with van der Waals surface area (Å²) in [6.07, 6.45) is -0.527. The molecule has 2 atom stereocenters. The maximum atomic E-state index is 13.2. The van der Waals surface area contributed by atoms with Crippen LogP contribution in [-0.2, 0) is 20.7 Å². The first kappa shape index (κ1) is 24.0. The van der Waals surface area contributed by atoms with Gasteiger partial charge in [-0.05, 0) is 47.6 Å². The Morgan fingerprint density at radius 1 is 0.829 bits per heavy atom. The topological polar surface area (TPSA) is 104 Å². The van der Waals surface area contributed by atoms with Gasteiger partial charge in [0, 0.05) is 5.92 Å². The van der Waals surface area contributed by atoms with Crippen molar-refractivity contribution in [2.75, 3.05) is 6.61 Å². The van der Waals surface area contributed by atoms with Gasteiger partial charge in [0.15, 0.2) is 0 Å². The van der Waals surface area contributed by atoms with E-state index in [0.717, 1.165) is 32.7 Å². The van der Waals surface area contributed by atoms with Crippen LogP contribution in [0.4, 0.5) is 4.79 Å². The van der Waals surface area contributed by atoms with Crippen LogP contribution >= 0.6 is 0 Å². The molecule has 7 heteroatoms. The number of nitrogens with zero attached hydrogens (tertiary/aromatic N) is 1. The third kappa shape index (κ3) is 5.04. The second kappa shape index (κ2) is 10.4. The SMILES string of the molecule is C[C@@H](C(=O)O)N(C(=O)OCC1c2ccccc2-c2ccccc21)[C@@H](CCc1ccccc1)C(=O)O. The number of hydrogen-bond donors (Lipinski definition) is 2. The van der Waals surface area contributed by atoms with Crippen molar-refractivity contribution in [1.29, 1.82) is 0 Å². The number of fused-ring (bicyclic) bond motifs is 3. The van der Waals surface area contributed by atoms with E-state index in [4.69, 9.17) is 4.74 Å². The Hall–Kier alpha value is -4.13. The molecule has 3 aromatic rings. The average molecular weight is 474 g/mol. The smallest absolute Gasteiger partial charge is 0.411 e. The third-order valence-electron chi connectivity index (χ3n) is 6.49. The zero-order valence-electron chi connectivity index (χ0n) is 19.3. The summed E-state index contributed by atoms with van der Waals surface area (Å²) >= 11 is 0. The highest BCUT2D eigenvalue weighted by Crippen LogP contribution is 2.44. The van der Waals surface area contributed by atoms with Gasteiger partial charge in [-0.1, -0.05) is 78.9 Å². The molecule has 1 aliphatic rings. The second-order valence-corrected chi connectivity index (χ2v) is 8.60. The quantitative estimate of drug-likeness (QED) is 0.463. The molecule has 0 unspecified atom stereocenters. The summed E-state index contributed by atoms with van der Waals surface area (Å²) in [5.74, 6) is -2.80. The van der Waals surface area contributed by atoms with E-state index in [1.807, 2.05) is 78.9 Å². The molecule has 35 heavy (non-hydrogen) atoms. The van der Waals surface area contributed by atoms with Gasteiger partial charge >= 0.3 is 18.0 Å². The lowest BCUT2D eigenvalue weighted by molar-refractivity contribution is -0.149. The van der Waals surface area contributed by atoms with E-state index >= 15 is 0 Å². The van der Waals surface area contributed by atoms with Crippen molar-refractivity contribution in [3.05, 3.63) is 95.6 Å². The van der Waals surface area contributed by atoms with Crippen molar-refractivity contribution in [3.63, 3.8) is 0 Å². The predicted octanol–water partition coefficient (Wildman–Crippen LogP) is 4.80. The Balaban J connectivity index is 1.55. The summed E-state index contributed by atoms with van der Waals surface area (Å²) in [6.45, 7) is 1.27. The van der Waals surface area contributed by atoms with E-state index < -0.39 is 30.1 Å². The monoisotopic (exact) mass is 473 g/mol. The van der Waals surface area contributed by atoms with Crippen molar-refractivity contribution in [3.8, 4) is 11.1 Å². The fraction of sp³-hybridized carbons (Fsp3) is 0.250. The molecule has 1 amide bonds. The molecule has 0 bridgehead atoms. The summed E-state index contributed by atoms with van der Waals surface area (Å²) in [6, 6.07) is 22.2. The van der Waals surface area contributed by atoms with Crippen molar-refractivity contribution in [1.82, 2.24) is 4.90 Å². The number of rotatable bonds is 9. The van der Waals surface area contributed by atoms with Crippen LogP contribution in [0.3, 0.4) is 0 Å². The maximum Gasteiger partial charge on any atom is 0.411 e. The van der Waals surface area contributed by atoms with E-state index in [2.05, 4.69) is 0 Å². The van der Waals surface area contributed by atoms with E-state index in [-0.39, 0.29) is 18.9 Å². The van der Waals surface area contributed by atoms with Gasteiger partial charge in [0.1, 0.15) is 18.7 Å². The standard InChI is InChI=1S/C28H27NO6/c1-18(26(30)31)29(25(27(32)33)16-15-19-9-3-2-4-10-19)28(34)35-17-24-22-13-7-5-11-20(22)21-12-6-8-14-23(21)24/h2-14,18,24-25H,15-17H2,1H3,(H,30,31)(H,32,33)/t18-,25-/m0/s1. The van der Waals surface area contributed by atoms with Crippen LogP contribution in [0.25, 0.3) is 11.1 Å². The van der Waals surface area contributed by atoms with Gasteiger partial charge in [0.05, 0.1) is 0 Å². The molecular weight excluding hydrogens is 446 g/mol. The van der Waals surface area contributed by atoms with Crippen LogP contribution in [0, 0.1) is 0 Å². The molecule has 0 spiro atoms. The lowest BCUT2D eigenvalue weighted by Crippen LogP contribution is -2.53. The first-order chi connectivity index (χ1) is 16.9. The van der Waals surface area contributed by atoms with Gasteiger partial charge in [-0.15, -0.1) is 0 Å². The Bertz CT molecular complexity index is 1180. The zero-order valence-corrected chi connectivity index (χ0v) is 19.3. The van der Waals surface area contributed by atoms with Crippen molar-refractivity contribution >= 4 is 18.0 Å². The van der Waals surface area contributed by atoms with Crippen molar-refractivity contribution in [2.24, 2.45) is 0 Å². The van der Waals surface area contributed by atoms with Crippen LogP contribution < -0.4 is 0 Å². The Labute approximate surface area is 203 Å². The maximum absolute atomic E-state index is 13.2. The Morgan fingerprint density at radius 2 is 1.37 bits per heavy atom. The number of amides is 1. The molecule has 0 radical (unpaired) electrons. The van der Waals surface area contributed by atoms with Crippen LogP contribution in [-0.4, -0.2) is 51.8 Å². The van der Waals surface area contributed by atoms with E-state index in [1.165, 1.54) is 6.92 Å². The summed E-state index contributed by atoms with van der Waals surface area (Å²) in [5, 5.41) is 19.5. The summed E-state index contributed by atoms with van der Waals surface area (Å²) < 4.78 is 5.62. The predicted molar refractivity (Wildman–Crippen MR) is 130 cm³/mol. The number of carbonyl (C=O) groups is 3. The van der Waals surface area contributed by atoms with Gasteiger partial charge < -0.3 is 14.9 Å². The number of hydrogen-bond acceptors (Lipinski definition) is 4. The summed E-state index contributed by atoms with van der Waals surface area (Å²) in [5.41, 5.74) is 5.04. The summed E-state index contributed by atoms with van der Waals surface area (Å²) in [7, 11) is 0. The number of benzene rings is 3. The number of carbonyl (C=O) groups excluding carboxylic acids is 1. The molecule has 0 aliphatic heterocycles. The largest absolute Gasteiger partial charge is 0.480 e. The van der Waals surface area contributed by atoms with Gasteiger partial charge in [-0.2, -0.15) is 0 Å². The highest BCUT2D eigenvalue weighted by molar-refractivity contribution is 5.85. The van der Waals surface area contributed by atoms with Gasteiger partial charge in [-0.25, -0.2) is 14.4 Å². The first-order valence-corrected chi connectivity index (χ1v) is 11.5. The lowest BCUT2D eigenvalue weighted by Gasteiger charge is -2.31. The van der Waals surface area contributed by atoms with E-state index in [0.29, 0.717) is 6.42 Å². The number of aryl methyl sites for hydroxylation is 1. The van der Waals surface area contributed by atoms with Crippen molar-refractivity contribution < 1.29 is 29.3 Å². The molecule has 7 nitrogen and oxygen atoms in total. The highest BCUT2D eigenvalue weighted by Gasteiger charge is 2.38. The van der Waals surface area contributed by atoms with E-state index in [1.54, 1.807) is 0 Å². The molecule has 2 N–H and O–H groups in total. The molecule has 180 valence electrons. The zero-order chi connectivity index (χ0) is 24.9. The second-order valence-electron chi connectivity index (χ2n) is 8.60. The van der Waals surface area contributed by atoms with Gasteiger partial charge in [0.25, 0.3) is 0 Å². The molecule has 1 aliphatic carbocycles. The van der Waals surface area contributed by atoms with E-state index in [9.17, 15) is 24.6 Å². The lowest BCUT2D eigenvalue weighted by atomic mass is 9.98. The molecule has 0 fully saturated rings. The minimum Gasteiger partial charge on any atom is -0.480 e. The molecule has 3 aromatic carbocycles. The van der Waals surface area contributed by atoms with Gasteiger partial charge in [-0.3, -0.25) is 4.90 Å². The minimum absolute atomic E-state index is 0.0271. The van der Waals surface area contributed by atoms with Gasteiger partial charge in [0.2, 0.25) is 0 Å². The fourth-order valence-corrected chi connectivity index (χ4v) is 4.67. The van der Waals surface area contributed by atoms with Crippen molar-refractivity contribution in [2.45, 2.75) is 37.8 Å². The van der Waals surface area contributed by atoms with Crippen LogP contribution in [0.2, 0.25) is 0 Å². The highest BCUT2D eigenvalue weighted by atomic mass is 16.6. The number of carboxylic acid groups (broad SMARTS) is 2. The average Bonchev–Trinajstić information content (AvgIpc) is 3.18. The number of carboxylic acids is 2. The molecule has 4 rings (SSSR count).